The molecule has 2 aliphatic rings. The van der Waals surface area contributed by atoms with Crippen molar-refractivity contribution in [3.63, 3.8) is 0 Å². The van der Waals surface area contributed by atoms with Gasteiger partial charge < -0.3 is 10.2 Å². The molecule has 1 atom stereocenters. The van der Waals surface area contributed by atoms with E-state index in [1.54, 1.807) is 0 Å². The molecule has 1 aromatic carbocycles. The van der Waals surface area contributed by atoms with Gasteiger partial charge in [-0.1, -0.05) is 12.1 Å². The lowest BCUT2D eigenvalue weighted by Crippen LogP contribution is -2.37. The van der Waals surface area contributed by atoms with E-state index < -0.39 is 0 Å². The predicted molar refractivity (Wildman–Crippen MR) is 87.6 cm³/mol. The summed E-state index contributed by atoms with van der Waals surface area (Å²) in [6.45, 7) is 3.15. The Hall–Kier alpha value is -1.13. The third-order valence-corrected chi connectivity index (χ3v) is 4.48. The summed E-state index contributed by atoms with van der Waals surface area (Å²) >= 11 is 0. The second-order valence-corrected chi connectivity index (χ2v) is 6.40. The van der Waals surface area contributed by atoms with Crippen molar-refractivity contribution in [2.24, 2.45) is 11.8 Å². The lowest BCUT2D eigenvalue weighted by Gasteiger charge is -2.17. The molecule has 1 amide bonds. The van der Waals surface area contributed by atoms with Crippen molar-refractivity contribution in [1.82, 2.24) is 10.2 Å². The lowest BCUT2D eigenvalue weighted by molar-refractivity contribution is -0.129. The number of nitrogens with zero attached hydrogens (tertiary/aromatic N) is 1. The summed E-state index contributed by atoms with van der Waals surface area (Å²) in [7, 11) is 0. The summed E-state index contributed by atoms with van der Waals surface area (Å²) in [4.78, 5) is 14.1. The van der Waals surface area contributed by atoms with Gasteiger partial charge in [0.1, 0.15) is 5.82 Å². The summed E-state index contributed by atoms with van der Waals surface area (Å²) in [5.41, 5.74) is 1.16. The van der Waals surface area contributed by atoms with Gasteiger partial charge in [-0.25, -0.2) is 4.39 Å². The van der Waals surface area contributed by atoms with E-state index in [9.17, 15) is 9.18 Å². The Balaban J connectivity index is 0.00000176. The zero-order chi connectivity index (χ0) is 14.7. The SMILES string of the molecule is Cl.O=C(CNCC1CC1)N1CCC(Cc2ccc(F)cc2)C1. The second kappa shape index (κ2) is 7.93. The fourth-order valence-electron chi connectivity index (χ4n) is 3.00. The molecule has 1 unspecified atom stereocenters. The van der Waals surface area contributed by atoms with E-state index >= 15 is 0 Å². The van der Waals surface area contributed by atoms with Crippen LogP contribution in [0.5, 0.6) is 0 Å². The zero-order valence-electron chi connectivity index (χ0n) is 12.8. The van der Waals surface area contributed by atoms with Gasteiger partial charge in [0.15, 0.2) is 0 Å². The summed E-state index contributed by atoms with van der Waals surface area (Å²) < 4.78 is 12.9. The van der Waals surface area contributed by atoms with E-state index in [4.69, 9.17) is 0 Å². The lowest BCUT2D eigenvalue weighted by atomic mass is 9.99. The van der Waals surface area contributed by atoms with Gasteiger partial charge >= 0.3 is 0 Å². The largest absolute Gasteiger partial charge is 0.341 e. The Morgan fingerprint density at radius 3 is 2.59 bits per heavy atom. The van der Waals surface area contributed by atoms with Crippen LogP contribution in [0.2, 0.25) is 0 Å². The molecule has 1 aromatic rings. The predicted octanol–water partition coefficient (Wildman–Crippen LogP) is 2.64. The fraction of sp³-hybridized carbons (Fsp3) is 0.588. The van der Waals surface area contributed by atoms with E-state index in [0.29, 0.717) is 12.5 Å². The number of carbonyl (C=O) groups is 1. The van der Waals surface area contributed by atoms with Crippen molar-refractivity contribution < 1.29 is 9.18 Å². The van der Waals surface area contributed by atoms with Crippen LogP contribution in [0, 0.1) is 17.7 Å². The molecule has 0 radical (unpaired) electrons. The molecule has 1 aliphatic heterocycles. The van der Waals surface area contributed by atoms with E-state index in [0.717, 1.165) is 44.0 Å². The average molecular weight is 327 g/mol. The minimum absolute atomic E-state index is 0. The molecule has 1 saturated heterocycles. The summed E-state index contributed by atoms with van der Waals surface area (Å²) in [5, 5.41) is 3.26. The maximum absolute atomic E-state index is 12.9. The van der Waals surface area contributed by atoms with Crippen LogP contribution >= 0.6 is 12.4 Å². The van der Waals surface area contributed by atoms with Gasteiger partial charge in [0.05, 0.1) is 6.54 Å². The van der Waals surface area contributed by atoms with Crippen LogP contribution < -0.4 is 5.32 Å². The number of rotatable bonds is 6. The topological polar surface area (TPSA) is 32.3 Å². The van der Waals surface area contributed by atoms with Crippen molar-refractivity contribution in [3.8, 4) is 0 Å². The van der Waals surface area contributed by atoms with Gasteiger partial charge in [-0.15, -0.1) is 12.4 Å². The second-order valence-electron chi connectivity index (χ2n) is 6.40. The summed E-state index contributed by atoms with van der Waals surface area (Å²) in [6, 6.07) is 6.71. The first-order valence-electron chi connectivity index (χ1n) is 7.93. The Morgan fingerprint density at radius 1 is 1.18 bits per heavy atom. The summed E-state index contributed by atoms with van der Waals surface area (Å²) in [5.74, 6) is 1.34. The number of hydrogen-bond acceptors (Lipinski definition) is 2. The van der Waals surface area contributed by atoms with Crippen molar-refractivity contribution in [1.29, 1.82) is 0 Å². The highest BCUT2D eigenvalue weighted by atomic mass is 35.5. The molecule has 5 heteroatoms. The Bertz CT molecular complexity index is 490. The third-order valence-electron chi connectivity index (χ3n) is 4.48. The number of likely N-dealkylation sites (tertiary alicyclic amines) is 1. The quantitative estimate of drug-likeness (QED) is 0.871. The molecule has 22 heavy (non-hydrogen) atoms. The van der Waals surface area contributed by atoms with E-state index in [1.165, 1.54) is 25.0 Å². The number of amides is 1. The van der Waals surface area contributed by atoms with E-state index in [1.807, 2.05) is 17.0 Å². The van der Waals surface area contributed by atoms with Gasteiger partial charge in [-0.3, -0.25) is 4.79 Å². The molecular formula is C17H24ClFN2O. The first kappa shape index (κ1) is 17.2. The molecule has 122 valence electrons. The molecule has 1 aliphatic carbocycles. The van der Waals surface area contributed by atoms with Crippen LogP contribution in [0.1, 0.15) is 24.8 Å². The van der Waals surface area contributed by atoms with Crippen molar-refractivity contribution in [2.45, 2.75) is 25.7 Å². The van der Waals surface area contributed by atoms with Crippen molar-refractivity contribution in [2.75, 3.05) is 26.2 Å². The first-order valence-corrected chi connectivity index (χ1v) is 7.93. The molecule has 1 N–H and O–H groups in total. The molecular weight excluding hydrogens is 303 g/mol. The average Bonchev–Trinajstić information content (AvgIpc) is 3.18. The monoisotopic (exact) mass is 326 g/mol. The molecule has 0 spiro atoms. The standard InChI is InChI=1S/C17H23FN2O.ClH/c18-16-5-3-13(4-6-16)9-15-7-8-20(12-15)17(21)11-19-10-14-1-2-14;/h3-6,14-15,19H,1-2,7-12H2;1H. The molecule has 0 bridgehead atoms. The Morgan fingerprint density at radius 2 is 1.91 bits per heavy atom. The molecule has 3 nitrogen and oxygen atoms in total. The van der Waals surface area contributed by atoms with Crippen LogP contribution in [-0.2, 0) is 11.2 Å². The van der Waals surface area contributed by atoms with E-state index in [2.05, 4.69) is 5.32 Å². The van der Waals surface area contributed by atoms with Crippen LogP contribution in [0.4, 0.5) is 4.39 Å². The van der Waals surface area contributed by atoms with Crippen LogP contribution in [0.15, 0.2) is 24.3 Å². The maximum Gasteiger partial charge on any atom is 0.236 e. The Labute approximate surface area is 137 Å². The molecule has 2 fully saturated rings. The van der Waals surface area contributed by atoms with Crippen LogP contribution in [-0.4, -0.2) is 37.0 Å². The fourth-order valence-corrected chi connectivity index (χ4v) is 3.00. The normalized spacial score (nSPS) is 20.8. The molecule has 0 aromatic heterocycles. The highest BCUT2D eigenvalue weighted by Gasteiger charge is 2.26. The highest BCUT2D eigenvalue weighted by Crippen LogP contribution is 2.27. The van der Waals surface area contributed by atoms with Crippen molar-refractivity contribution in [3.05, 3.63) is 35.6 Å². The number of halogens is 2. The molecule has 1 saturated carbocycles. The van der Waals surface area contributed by atoms with Gasteiger partial charge in [0, 0.05) is 13.1 Å². The van der Waals surface area contributed by atoms with Crippen LogP contribution in [0.3, 0.4) is 0 Å². The highest BCUT2D eigenvalue weighted by molar-refractivity contribution is 5.85. The Kier molecular flexibility index (Phi) is 6.21. The number of hydrogen-bond donors (Lipinski definition) is 1. The molecule has 3 rings (SSSR count). The van der Waals surface area contributed by atoms with Gasteiger partial charge in [0.2, 0.25) is 5.91 Å². The smallest absolute Gasteiger partial charge is 0.236 e. The molecule has 1 heterocycles. The minimum atomic E-state index is -0.191. The van der Waals surface area contributed by atoms with Gasteiger partial charge in [0.25, 0.3) is 0 Å². The third kappa shape index (κ3) is 4.96. The van der Waals surface area contributed by atoms with Crippen LogP contribution in [0.25, 0.3) is 0 Å². The maximum atomic E-state index is 12.9. The summed E-state index contributed by atoms with van der Waals surface area (Å²) in [6.07, 6.45) is 4.60. The van der Waals surface area contributed by atoms with Gasteiger partial charge in [-0.2, -0.15) is 0 Å². The number of nitrogens with one attached hydrogen (secondary N) is 1. The first-order chi connectivity index (χ1) is 10.2. The number of carbonyl (C=O) groups excluding carboxylic acids is 1. The number of benzene rings is 1. The minimum Gasteiger partial charge on any atom is -0.341 e. The zero-order valence-corrected chi connectivity index (χ0v) is 13.6. The van der Waals surface area contributed by atoms with E-state index in [-0.39, 0.29) is 24.1 Å². The van der Waals surface area contributed by atoms with Gasteiger partial charge in [-0.05, 0) is 61.8 Å². The van der Waals surface area contributed by atoms with Crippen molar-refractivity contribution >= 4 is 18.3 Å².